The molecule has 89 heavy (non-hydrogen) atoms. The number of hydrogen-bond acceptors (Lipinski definition) is 15. The maximum atomic E-state index is 14.5. The summed E-state index contributed by atoms with van der Waals surface area (Å²) in [5, 5.41) is 20.7. The van der Waals surface area contributed by atoms with Crippen LogP contribution < -0.4 is 26.6 Å². The summed E-state index contributed by atoms with van der Waals surface area (Å²) >= 11 is 10.1. The average Bonchev–Trinajstić information content (AvgIpc) is 1.67. The first-order valence-electron chi connectivity index (χ1n) is 30.4. The van der Waals surface area contributed by atoms with Crippen LogP contribution in [0.25, 0.3) is 0 Å². The van der Waals surface area contributed by atoms with Gasteiger partial charge in [0.05, 0.1) is 35.7 Å². The Morgan fingerprint density at radius 1 is 1.01 bits per heavy atom. The highest BCUT2D eigenvalue weighted by molar-refractivity contribution is 9.09. The summed E-state index contributed by atoms with van der Waals surface area (Å²) in [4.78, 5) is 138. The van der Waals surface area contributed by atoms with E-state index in [2.05, 4.69) is 38.5 Å². The highest BCUT2D eigenvalue weighted by atomic mass is 79.9. The van der Waals surface area contributed by atoms with Crippen LogP contribution in [0.3, 0.4) is 0 Å². The van der Waals surface area contributed by atoms with Gasteiger partial charge in [0.25, 0.3) is 11.8 Å². The monoisotopic (exact) mass is 1320 g/mol. The van der Waals surface area contributed by atoms with Gasteiger partial charge in [0.15, 0.2) is 11.6 Å². The van der Waals surface area contributed by atoms with Gasteiger partial charge in [-0.15, -0.1) is 0 Å². The Morgan fingerprint density at radius 2 is 1.70 bits per heavy atom. The zero-order valence-corrected chi connectivity index (χ0v) is 55.6. The molecule has 2 saturated heterocycles. The number of likely N-dealkylation sites (N-methyl/N-ethyl adjacent to an activating group) is 1. The van der Waals surface area contributed by atoms with Crippen LogP contribution in [0, 0.1) is 24.7 Å². The van der Waals surface area contributed by atoms with E-state index in [9.17, 15) is 53.1 Å². The predicted molar refractivity (Wildman–Crippen MR) is 340 cm³/mol. The lowest BCUT2D eigenvalue weighted by Gasteiger charge is -2.41. The zero-order valence-electron chi connectivity index (χ0n) is 53.2. The third kappa shape index (κ3) is 19.7. The van der Waals surface area contributed by atoms with Gasteiger partial charge < -0.3 is 55.5 Å². The summed E-state index contributed by atoms with van der Waals surface area (Å²) in [5.74, 6) is -6.23. The summed E-state index contributed by atoms with van der Waals surface area (Å²) in [6.45, 7) is 16.1. The number of epoxide rings is 1. The third-order valence-electron chi connectivity index (χ3n) is 17.3. The van der Waals surface area contributed by atoms with Crippen LogP contribution >= 0.6 is 27.5 Å². The van der Waals surface area contributed by atoms with Crippen molar-refractivity contribution in [3.63, 3.8) is 0 Å². The number of halogens is 2. The molecule has 2 fully saturated rings. The number of allylic oxidation sites excluding steroid dienone is 4. The molecule has 0 radical (unpaired) electrons. The Kier molecular flexibility index (Phi) is 27.1. The summed E-state index contributed by atoms with van der Waals surface area (Å²) in [5.41, 5.74) is 5.82. The van der Waals surface area contributed by atoms with E-state index in [-0.39, 0.29) is 85.7 Å². The van der Waals surface area contributed by atoms with Crippen LogP contribution in [0.15, 0.2) is 66.3 Å². The molecule has 2 aromatic rings. The second kappa shape index (κ2) is 32.9. The number of primary amides is 1. The summed E-state index contributed by atoms with van der Waals surface area (Å²) in [7, 11) is 5.74. The Labute approximate surface area is 536 Å². The number of Topliss-reactive ketones (excluding diaryl/α,β-unsaturated/α-hetero) is 3. The van der Waals surface area contributed by atoms with Crippen molar-refractivity contribution in [1.82, 2.24) is 20.9 Å². The van der Waals surface area contributed by atoms with Crippen molar-refractivity contribution in [2.45, 2.75) is 186 Å². The number of unbranched alkanes of at least 4 members (excludes halogenated alkanes) is 3. The summed E-state index contributed by atoms with van der Waals surface area (Å²) < 4.78 is 24.2. The molecule has 488 valence electrons. The molecule has 3 aliphatic heterocycles. The second-order valence-corrected chi connectivity index (χ2v) is 25.4. The molecule has 6 N–H and O–H groups in total. The highest BCUT2D eigenvalue weighted by Gasteiger charge is 2.64. The fourth-order valence-electron chi connectivity index (χ4n) is 11.5. The van der Waals surface area contributed by atoms with Gasteiger partial charge in [-0.05, 0) is 106 Å². The Bertz CT molecular complexity index is 3060. The van der Waals surface area contributed by atoms with Crippen molar-refractivity contribution in [1.29, 1.82) is 0 Å². The number of urea groups is 1. The number of rotatable bonds is 27. The van der Waals surface area contributed by atoms with Crippen molar-refractivity contribution in [2.24, 2.45) is 23.5 Å². The lowest BCUT2D eigenvalue weighted by Crippen LogP contribution is -2.53. The number of hydrogen-bond donors (Lipinski definition) is 5. The van der Waals surface area contributed by atoms with Crippen molar-refractivity contribution in [3.8, 4) is 0 Å². The van der Waals surface area contributed by atoms with E-state index in [1.165, 1.54) is 51.2 Å². The lowest BCUT2D eigenvalue weighted by atomic mass is 9.78. The number of ether oxygens (including phenoxy) is 4. The van der Waals surface area contributed by atoms with E-state index in [1.807, 2.05) is 32.1 Å². The minimum atomic E-state index is -1.66. The molecule has 3 heterocycles. The molecule has 0 aliphatic carbocycles. The average molecular weight is 1320 g/mol. The number of nitrogens with zero attached hydrogens (tertiary/aromatic N) is 2. The van der Waals surface area contributed by atoms with Crippen LogP contribution in [0.4, 0.5) is 10.5 Å². The van der Waals surface area contributed by atoms with Gasteiger partial charge in [0.1, 0.15) is 41.3 Å². The van der Waals surface area contributed by atoms with Gasteiger partial charge in [-0.3, -0.25) is 38.4 Å². The molecule has 10 atom stereocenters. The number of nitrogens with two attached hydrogens (primary N) is 1. The highest BCUT2D eigenvalue weighted by Crippen LogP contribution is 2.50. The first kappa shape index (κ1) is 73.1. The van der Waals surface area contributed by atoms with Crippen molar-refractivity contribution in [2.75, 3.05) is 45.0 Å². The first-order valence-corrected chi connectivity index (χ1v) is 31.9. The largest absolute Gasteiger partial charge is 0.462 e. The van der Waals surface area contributed by atoms with Gasteiger partial charge >= 0.3 is 18.0 Å². The number of alkyl halides is 1. The molecule has 0 unspecified atom stereocenters. The number of fused-ring (bicyclic) bond motifs is 5. The van der Waals surface area contributed by atoms with E-state index in [0.717, 1.165) is 28.9 Å². The number of benzene rings is 2. The van der Waals surface area contributed by atoms with Crippen molar-refractivity contribution < 1.29 is 72.0 Å². The fraction of sp³-hybridized carbons (Fsp3) is 0.576. The number of carbonyl (C=O) groups is 10. The standard InChI is InChI=1S/C66H90BrClN6O15/c1-37(2)47(32-46(75)20-15-13-14-16-22-51(76)40(5)36-67)61(81)72-49(21-18-26-71-64(69)84)52(77)31-44-24-25-45(30-48(44)60(80)70-9)62(82)73(10)42(7)63(83)88-55-33-56(78)74(11)50-29-43(28-39(4)58(50)68)27-38(3)19-17-23-54(86-12)66(85)34-53(87-57(79)35-66)41(6)59-65(55,8)89-59/h17,19,23-25,28-30,37,41-42,47,49,53-55,59,85H,5,13-16,18,20-22,26-27,31-36H2,1-4,6-12H3,(H,70,80)(H,72,81)(H3,69,71,84)/b23-17+,38-19+/t41-,42+,47+,49+,53+,54-,55+,59+,65+,66-/m1/s1. The molecule has 3 aliphatic rings. The minimum Gasteiger partial charge on any atom is -0.462 e. The van der Waals surface area contributed by atoms with E-state index in [1.54, 1.807) is 46.9 Å². The van der Waals surface area contributed by atoms with Gasteiger partial charge in [0, 0.05) is 95.2 Å². The molecular weight excluding hydrogens is 1230 g/mol. The zero-order chi connectivity index (χ0) is 66.2. The molecule has 0 spiro atoms. The maximum absolute atomic E-state index is 14.5. The molecule has 23 heteroatoms. The van der Waals surface area contributed by atoms with E-state index in [0.29, 0.717) is 52.9 Å². The minimum absolute atomic E-state index is 0.000993. The van der Waals surface area contributed by atoms with Crippen LogP contribution in [-0.2, 0) is 65.4 Å². The van der Waals surface area contributed by atoms with Crippen LogP contribution in [0.1, 0.15) is 156 Å². The Morgan fingerprint density at radius 3 is 2.34 bits per heavy atom. The number of methoxy groups -OCH3 is 1. The maximum Gasteiger partial charge on any atom is 0.328 e. The SMILES string of the molecule is C=C(CBr)C(=O)CCCCCCC(=O)C[C@H](C(=O)N[C@@H](CCCNC(N)=O)C(=O)Cc1ccc(C(=O)N(C)[C@@H](C)C(=O)O[C@H]2CC(=O)N(C)c3cc(cc(C)c3Cl)C/C(C)=C/C=C/[C@@H](OC)[C@]3(O)CC(=O)O[C@@H](C3)[C@@H](C)[C@@H]3O[C@@]23C)cc1C(=O)NC)C(C)C. The Hall–Kier alpha value is -6.59. The number of amides is 6. The van der Waals surface area contributed by atoms with E-state index >= 15 is 0 Å². The topological polar surface area (TPSA) is 300 Å². The molecule has 6 amide bonds. The van der Waals surface area contributed by atoms with Crippen LogP contribution in [-0.4, -0.2) is 157 Å². The normalized spacial score (nSPS) is 23.9. The second-order valence-electron chi connectivity index (χ2n) is 24.5. The third-order valence-corrected chi connectivity index (χ3v) is 18.5. The quantitative estimate of drug-likeness (QED) is 0.0187. The van der Waals surface area contributed by atoms with Crippen LogP contribution in [0.2, 0.25) is 5.02 Å². The molecular formula is C66H90BrClN6O15. The number of esters is 2. The lowest BCUT2D eigenvalue weighted by molar-refractivity contribution is -0.187. The van der Waals surface area contributed by atoms with Gasteiger partial charge in [-0.1, -0.05) is 104 Å². The number of anilines is 1. The first-order chi connectivity index (χ1) is 41.9. The molecule has 0 saturated carbocycles. The molecule has 21 nitrogen and oxygen atoms in total. The van der Waals surface area contributed by atoms with Gasteiger partial charge in [0.2, 0.25) is 11.8 Å². The molecule has 5 rings (SSSR count). The Balaban J connectivity index is 1.37. The van der Waals surface area contributed by atoms with Gasteiger partial charge in [-0.2, -0.15) is 0 Å². The van der Waals surface area contributed by atoms with Crippen molar-refractivity contribution in [3.05, 3.63) is 99.1 Å². The van der Waals surface area contributed by atoms with Gasteiger partial charge in [-0.25, -0.2) is 9.59 Å². The number of ketones is 3. The fourth-order valence-corrected chi connectivity index (χ4v) is 12.0. The number of aliphatic hydroxyl groups is 1. The molecule has 4 bridgehead atoms. The number of nitrogens with one attached hydrogen (secondary N) is 3. The van der Waals surface area contributed by atoms with E-state index < -0.39 is 113 Å². The smallest absolute Gasteiger partial charge is 0.328 e. The molecule has 2 aromatic carbocycles. The summed E-state index contributed by atoms with van der Waals surface area (Å²) in [6.07, 6.45) is 4.38. The number of aryl methyl sites for hydroxylation is 1. The predicted octanol–water partition coefficient (Wildman–Crippen LogP) is 7.87. The summed E-state index contributed by atoms with van der Waals surface area (Å²) in [6, 6.07) is 4.63. The van der Waals surface area contributed by atoms with E-state index in [4.69, 9.17) is 36.3 Å². The number of carbonyl (C=O) groups excluding carboxylic acids is 10. The van der Waals surface area contributed by atoms with Crippen LogP contribution in [0.5, 0.6) is 0 Å². The van der Waals surface area contributed by atoms with Crippen molar-refractivity contribution >= 4 is 92.2 Å². The molecule has 0 aromatic heterocycles.